The molecule has 0 unspecified atom stereocenters. The molecule has 0 amide bonds. The third-order valence-corrected chi connectivity index (χ3v) is 6.21. The molecule has 0 aromatic rings. The lowest BCUT2D eigenvalue weighted by Gasteiger charge is -2.37. The molecule has 2 aliphatic carbocycles. The van der Waals surface area contributed by atoms with Crippen molar-refractivity contribution in [2.45, 2.75) is 70.5 Å². The summed E-state index contributed by atoms with van der Waals surface area (Å²) in [5, 5.41) is 9.25. The molecular formula is C18H32O3. The van der Waals surface area contributed by atoms with Gasteiger partial charge in [-0.3, -0.25) is 0 Å². The zero-order valence-corrected chi connectivity index (χ0v) is 13.3. The molecule has 1 heterocycles. The Bertz CT molecular complexity index is 285. The quantitative estimate of drug-likeness (QED) is 0.840. The van der Waals surface area contributed by atoms with Crippen LogP contribution in [0.2, 0.25) is 0 Å². The van der Waals surface area contributed by atoms with Crippen molar-refractivity contribution in [2.75, 3.05) is 19.8 Å². The Morgan fingerprint density at radius 2 is 1.19 bits per heavy atom. The Morgan fingerprint density at radius 1 is 0.667 bits per heavy atom. The topological polar surface area (TPSA) is 38.7 Å². The number of hydrogen-bond acceptors (Lipinski definition) is 3. The molecule has 0 atom stereocenters. The van der Waals surface area contributed by atoms with Crippen molar-refractivity contribution >= 4 is 0 Å². The van der Waals surface area contributed by atoms with Crippen molar-refractivity contribution in [3.8, 4) is 0 Å². The molecule has 3 rings (SSSR count). The van der Waals surface area contributed by atoms with Gasteiger partial charge in [-0.15, -0.1) is 0 Å². The summed E-state index contributed by atoms with van der Waals surface area (Å²) >= 11 is 0. The minimum Gasteiger partial charge on any atom is -0.396 e. The van der Waals surface area contributed by atoms with E-state index in [-0.39, 0.29) is 6.29 Å². The molecule has 0 aromatic carbocycles. The van der Waals surface area contributed by atoms with Gasteiger partial charge in [0.05, 0.1) is 13.2 Å². The molecule has 1 aliphatic heterocycles. The molecule has 0 aromatic heterocycles. The fraction of sp³-hybridized carbons (Fsp3) is 1.00. The number of rotatable bonds is 5. The average molecular weight is 296 g/mol. The van der Waals surface area contributed by atoms with Crippen LogP contribution >= 0.6 is 0 Å². The smallest absolute Gasteiger partial charge is 0.157 e. The van der Waals surface area contributed by atoms with E-state index >= 15 is 0 Å². The van der Waals surface area contributed by atoms with Crippen LogP contribution in [0, 0.1) is 23.7 Å². The van der Waals surface area contributed by atoms with E-state index in [1.165, 1.54) is 57.8 Å². The van der Waals surface area contributed by atoms with Crippen LogP contribution < -0.4 is 0 Å². The highest BCUT2D eigenvalue weighted by atomic mass is 16.7. The van der Waals surface area contributed by atoms with Crippen LogP contribution in [-0.4, -0.2) is 31.2 Å². The minimum atomic E-state index is 0.0940. The van der Waals surface area contributed by atoms with Gasteiger partial charge in [0.15, 0.2) is 6.29 Å². The Hall–Kier alpha value is -0.120. The zero-order chi connectivity index (χ0) is 14.5. The first kappa shape index (κ1) is 15.8. The van der Waals surface area contributed by atoms with Crippen LogP contribution in [-0.2, 0) is 9.47 Å². The fourth-order valence-electron chi connectivity index (χ4n) is 4.74. The molecule has 1 saturated heterocycles. The van der Waals surface area contributed by atoms with Gasteiger partial charge in [-0.25, -0.2) is 0 Å². The van der Waals surface area contributed by atoms with E-state index in [1.54, 1.807) is 0 Å². The molecule has 0 spiro atoms. The van der Waals surface area contributed by atoms with Gasteiger partial charge in [0.2, 0.25) is 0 Å². The van der Waals surface area contributed by atoms with Gasteiger partial charge in [0.1, 0.15) is 0 Å². The molecule has 0 radical (unpaired) electrons. The van der Waals surface area contributed by atoms with Crippen LogP contribution in [0.5, 0.6) is 0 Å². The summed E-state index contributed by atoms with van der Waals surface area (Å²) in [5.74, 6) is 3.43. The summed E-state index contributed by atoms with van der Waals surface area (Å²) in [7, 11) is 0. The van der Waals surface area contributed by atoms with Crippen LogP contribution in [0.15, 0.2) is 0 Å². The minimum absolute atomic E-state index is 0.0940. The number of hydrogen-bond donors (Lipinski definition) is 1. The maximum Gasteiger partial charge on any atom is 0.157 e. The van der Waals surface area contributed by atoms with Crippen LogP contribution in [0.25, 0.3) is 0 Å². The molecule has 0 bridgehead atoms. The Labute approximate surface area is 129 Å². The van der Waals surface area contributed by atoms with E-state index in [1.807, 2.05) is 0 Å². The second kappa shape index (κ2) is 7.94. The van der Waals surface area contributed by atoms with E-state index in [9.17, 15) is 5.11 Å². The maximum atomic E-state index is 9.25. The number of ether oxygens (including phenoxy) is 2. The molecule has 21 heavy (non-hydrogen) atoms. The highest BCUT2D eigenvalue weighted by molar-refractivity contribution is 4.82. The molecule has 1 N–H and O–H groups in total. The van der Waals surface area contributed by atoms with Gasteiger partial charge in [-0.05, 0) is 75.0 Å². The molecule has 3 fully saturated rings. The summed E-state index contributed by atoms with van der Waals surface area (Å²) < 4.78 is 11.1. The lowest BCUT2D eigenvalue weighted by atomic mass is 9.69. The fourth-order valence-corrected chi connectivity index (χ4v) is 4.74. The number of aliphatic hydroxyl groups excluding tert-OH is 1. The Kier molecular flexibility index (Phi) is 5.96. The van der Waals surface area contributed by atoms with Crippen molar-refractivity contribution in [1.82, 2.24) is 0 Å². The zero-order valence-electron chi connectivity index (χ0n) is 13.3. The largest absolute Gasteiger partial charge is 0.396 e. The van der Waals surface area contributed by atoms with Crippen LogP contribution in [0.4, 0.5) is 0 Å². The van der Waals surface area contributed by atoms with Gasteiger partial charge in [-0.2, -0.15) is 0 Å². The van der Waals surface area contributed by atoms with Gasteiger partial charge in [-0.1, -0.05) is 12.8 Å². The summed E-state index contributed by atoms with van der Waals surface area (Å²) in [6.45, 7) is 1.98. The molecule has 3 heteroatoms. The van der Waals surface area contributed by atoms with Crippen LogP contribution in [0.1, 0.15) is 64.2 Å². The average Bonchev–Trinajstić information content (AvgIpc) is 3.07. The number of aliphatic hydroxyl groups is 1. The van der Waals surface area contributed by atoms with E-state index in [4.69, 9.17) is 9.47 Å². The van der Waals surface area contributed by atoms with Gasteiger partial charge < -0.3 is 14.6 Å². The summed E-state index contributed by atoms with van der Waals surface area (Å²) in [4.78, 5) is 0. The van der Waals surface area contributed by atoms with Crippen molar-refractivity contribution < 1.29 is 14.6 Å². The first-order chi connectivity index (χ1) is 10.3. The van der Waals surface area contributed by atoms with Gasteiger partial charge in [0.25, 0.3) is 0 Å². The van der Waals surface area contributed by atoms with Crippen molar-refractivity contribution in [1.29, 1.82) is 0 Å². The van der Waals surface area contributed by atoms with E-state index in [2.05, 4.69) is 0 Å². The predicted octanol–water partition coefficient (Wildman–Crippen LogP) is 3.74. The highest BCUT2D eigenvalue weighted by Gasteiger charge is 2.31. The molecule has 2 saturated carbocycles. The van der Waals surface area contributed by atoms with Crippen molar-refractivity contribution in [2.24, 2.45) is 23.7 Å². The van der Waals surface area contributed by atoms with Crippen LogP contribution in [0.3, 0.4) is 0 Å². The van der Waals surface area contributed by atoms with E-state index < -0.39 is 0 Å². The molecule has 3 aliphatic rings. The monoisotopic (exact) mass is 296 g/mol. The highest BCUT2D eigenvalue weighted by Crippen LogP contribution is 2.42. The predicted molar refractivity (Wildman–Crippen MR) is 82.9 cm³/mol. The lowest BCUT2D eigenvalue weighted by Crippen LogP contribution is -2.27. The normalized spacial score (nSPS) is 38.7. The van der Waals surface area contributed by atoms with Gasteiger partial charge >= 0.3 is 0 Å². The van der Waals surface area contributed by atoms with Crippen molar-refractivity contribution in [3.05, 3.63) is 0 Å². The van der Waals surface area contributed by atoms with Crippen molar-refractivity contribution in [3.63, 3.8) is 0 Å². The third-order valence-electron chi connectivity index (χ3n) is 6.21. The van der Waals surface area contributed by atoms with E-state index in [0.717, 1.165) is 37.4 Å². The maximum absolute atomic E-state index is 9.25. The Balaban J connectivity index is 1.33. The first-order valence-corrected chi connectivity index (χ1v) is 9.19. The van der Waals surface area contributed by atoms with Gasteiger partial charge in [0, 0.05) is 6.61 Å². The van der Waals surface area contributed by atoms with E-state index in [0.29, 0.717) is 12.5 Å². The summed E-state index contributed by atoms with van der Waals surface area (Å²) in [6, 6.07) is 0. The molecular weight excluding hydrogens is 264 g/mol. The third kappa shape index (κ3) is 4.43. The SMILES string of the molecule is OC[C@H]1CC[C@H]([C@H]2CC[C@H](CCC3OCCO3)CC2)CC1. The summed E-state index contributed by atoms with van der Waals surface area (Å²) in [6.07, 6.45) is 13.4. The second-order valence-electron chi connectivity index (χ2n) is 7.49. The summed E-state index contributed by atoms with van der Waals surface area (Å²) in [5.41, 5.74) is 0. The lowest BCUT2D eigenvalue weighted by molar-refractivity contribution is -0.0514. The second-order valence-corrected chi connectivity index (χ2v) is 7.49. The standard InChI is InChI=1S/C18H32O3/c19-13-15-3-8-17(9-4-15)16-6-1-14(2-7-16)5-10-18-20-11-12-21-18/h14-19H,1-13H2/t14-,15-,16-,17-. The molecule has 122 valence electrons. The first-order valence-electron chi connectivity index (χ1n) is 9.19. The molecule has 3 nitrogen and oxygen atoms in total. The Morgan fingerprint density at radius 3 is 1.71 bits per heavy atom.